The Labute approximate surface area is 166 Å². The molecule has 0 saturated carbocycles. The molecule has 0 spiro atoms. The molecule has 0 bridgehead atoms. The average molecular weight is 412 g/mol. The molecule has 8 nitrogen and oxygen atoms in total. The maximum atomic E-state index is 11.7. The van der Waals surface area contributed by atoms with Gasteiger partial charge in [0.25, 0.3) is 10.0 Å². The molecule has 0 radical (unpaired) electrons. The fourth-order valence-electron chi connectivity index (χ4n) is 2.80. The van der Waals surface area contributed by atoms with Gasteiger partial charge in [0, 0.05) is 6.54 Å². The highest BCUT2D eigenvalue weighted by atomic mass is 32.2. The van der Waals surface area contributed by atoms with Crippen molar-refractivity contribution >= 4 is 22.0 Å². The Balaban J connectivity index is 1.68. The van der Waals surface area contributed by atoms with Crippen LogP contribution in [0.25, 0.3) is 0 Å². The lowest BCUT2D eigenvalue weighted by atomic mass is 10.1. The predicted molar refractivity (Wildman–Crippen MR) is 108 cm³/mol. The third-order valence-corrected chi connectivity index (χ3v) is 5.09. The van der Waals surface area contributed by atoms with Crippen LogP contribution in [0.3, 0.4) is 0 Å². The van der Waals surface area contributed by atoms with Crippen LogP contribution >= 0.6 is 0 Å². The summed E-state index contributed by atoms with van der Waals surface area (Å²) >= 11 is 0. The number of rotatable bonds is 8. The molecule has 1 amide bonds. The predicted octanol–water partition coefficient (Wildman–Crippen LogP) is 2.70. The van der Waals surface area contributed by atoms with Gasteiger partial charge in [0.2, 0.25) is 0 Å². The van der Waals surface area contributed by atoms with Gasteiger partial charge in [-0.05, 0) is 45.2 Å². The molecule has 0 aliphatic carbocycles. The summed E-state index contributed by atoms with van der Waals surface area (Å²) in [5.74, 6) is 0.371. The number of ether oxygens (including phenoxy) is 2. The molecule has 0 fully saturated rings. The lowest BCUT2D eigenvalue weighted by molar-refractivity contribution is 0.0527. The summed E-state index contributed by atoms with van der Waals surface area (Å²) < 4.78 is 37.9. The zero-order valence-corrected chi connectivity index (χ0v) is 17.5. The fourth-order valence-corrected chi connectivity index (χ4v) is 3.89. The zero-order valence-electron chi connectivity index (χ0n) is 16.7. The van der Waals surface area contributed by atoms with E-state index in [4.69, 9.17) is 15.2 Å². The summed E-state index contributed by atoms with van der Waals surface area (Å²) in [6, 6.07) is 5.24. The van der Waals surface area contributed by atoms with Crippen LogP contribution in [0.1, 0.15) is 57.6 Å². The Kier molecular flexibility index (Phi) is 7.29. The minimum atomic E-state index is -3.55. The Morgan fingerprint density at radius 1 is 1.21 bits per heavy atom. The molecule has 0 unspecified atom stereocenters. The van der Waals surface area contributed by atoms with Gasteiger partial charge in [-0.2, -0.15) is 0 Å². The lowest BCUT2D eigenvalue weighted by Crippen LogP contribution is -2.32. The summed E-state index contributed by atoms with van der Waals surface area (Å²) in [4.78, 5) is 11.5. The second-order valence-corrected chi connectivity index (χ2v) is 9.32. The van der Waals surface area contributed by atoms with Crippen molar-refractivity contribution in [1.82, 2.24) is 5.32 Å². The van der Waals surface area contributed by atoms with E-state index < -0.39 is 21.7 Å². The van der Waals surface area contributed by atoms with Crippen molar-refractivity contribution in [2.75, 3.05) is 13.2 Å². The minimum Gasteiger partial charge on any atom is -0.493 e. The molecule has 1 aromatic carbocycles. The van der Waals surface area contributed by atoms with E-state index in [1.54, 1.807) is 18.2 Å². The molecule has 1 aromatic rings. The van der Waals surface area contributed by atoms with Crippen LogP contribution in [0, 0.1) is 0 Å². The number of benzene rings is 1. The lowest BCUT2D eigenvalue weighted by Gasteiger charge is -2.19. The first-order valence-electron chi connectivity index (χ1n) is 9.37. The highest BCUT2D eigenvalue weighted by molar-refractivity contribution is 7.89. The van der Waals surface area contributed by atoms with E-state index in [0.29, 0.717) is 30.0 Å². The van der Waals surface area contributed by atoms with Gasteiger partial charge in [-0.15, -0.1) is 4.40 Å². The van der Waals surface area contributed by atoms with E-state index >= 15 is 0 Å². The smallest absolute Gasteiger partial charge is 0.407 e. The number of hydrogen-bond donors (Lipinski definition) is 2. The number of amidine groups is 1. The van der Waals surface area contributed by atoms with E-state index in [0.717, 1.165) is 25.7 Å². The highest BCUT2D eigenvalue weighted by Gasteiger charge is 2.25. The molecule has 1 heterocycles. The first-order valence-corrected chi connectivity index (χ1v) is 11.0. The van der Waals surface area contributed by atoms with E-state index in [2.05, 4.69) is 9.71 Å². The van der Waals surface area contributed by atoms with Gasteiger partial charge < -0.3 is 20.5 Å². The van der Waals surface area contributed by atoms with Gasteiger partial charge in [0.1, 0.15) is 17.2 Å². The molecule has 28 heavy (non-hydrogen) atoms. The SMILES string of the molecule is CC(C)(C)OC(=O)NCCCCCCOc1cccc2c1C(N)=NS(=O)(=O)C2. The van der Waals surface area contributed by atoms with E-state index in [1.165, 1.54) is 0 Å². The van der Waals surface area contributed by atoms with Crippen molar-refractivity contribution in [1.29, 1.82) is 0 Å². The van der Waals surface area contributed by atoms with E-state index in [1.807, 2.05) is 20.8 Å². The molecule has 3 N–H and O–H groups in total. The molecular formula is C19H29N3O5S. The van der Waals surface area contributed by atoms with Crippen molar-refractivity contribution in [3.8, 4) is 5.75 Å². The number of hydrogen-bond acceptors (Lipinski definition) is 6. The molecule has 0 saturated heterocycles. The summed E-state index contributed by atoms with van der Waals surface area (Å²) in [6.07, 6.45) is 3.20. The van der Waals surface area contributed by atoms with Crippen molar-refractivity contribution in [3.05, 3.63) is 29.3 Å². The van der Waals surface area contributed by atoms with Crippen molar-refractivity contribution in [3.63, 3.8) is 0 Å². The Morgan fingerprint density at radius 3 is 2.64 bits per heavy atom. The Morgan fingerprint density at radius 2 is 1.93 bits per heavy atom. The molecule has 1 aliphatic heterocycles. The van der Waals surface area contributed by atoms with Gasteiger partial charge >= 0.3 is 6.09 Å². The third-order valence-electron chi connectivity index (χ3n) is 3.94. The molecule has 0 atom stereocenters. The first-order chi connectivity index (χ1) is 13.1. The van der Waals surface area contributed by atoms with E-state index in [-0.39, 0.29) is 11.6 Å². The van der Waals surface area contributed by atoms with Crippen molar-refractivity contribution < 1.29 is 22.7 Å². The molecule has 0 aromatic heterocycles. The number of carbonyl (C=O) groups is 1. The quantitative estimate of drug-likeness (QED) is 0.635. The third kappa shape index (κ3) is 7.03. The maximum Gasteiger partial charge on any atom is 0.407 e. The molecular weight excluding hydrogens is 382 g/mol. The number of fused-ring (bicyclic) bond motifs is 1. The summed E-state index contributed by atoms with van der Waals surface area (Å²) in [7, 11) is -3.55. The second-order valence-electron chi connectivity index (χ2n) is 7.68. The van der Waals surface area contributed by atoms with Crippen molar-refractivity contribution in [2.45, 2.75) is 57.8 Å². The van der Waals surface area contributed by atoms with Gasteiger partial charge in [0.05, 0.1) is 17.9 Å². The standard InChI is InChI=1S/C19H29N3O5S/c1-19(2,3)27-18(23)21-11-6-4-5-7-12-26-15-10-8-9-14-13-28(24,25)22-17(20)16(14)15/h8-10H,4-7,11-13H2,1-3H3,(H2,20,22)(H,21,23). The molecule has 156 valence electrons. The number of sulfonamides is 1. The molecule has 9 heteroatoms. The van der Waals surface area contributed by atoms with Gasteiger partial charge in [-0.3, -0.25) is 0 Å². The van der Waals surface area contributed by atoms with Gasteiger partial charge in [-0.25, -0.2) is 13.2 Å². The number of unbranched alkanes of at least 4 members (excludes halogenated alkanes) is 3. The van der Waals surface area contributed by atoms with Crippen LogP contribution in [0.4, 0.5) is 4.79 Å². The summed E-state index contributed by atoms with van der Waals surface area (Å²) in [5, 5.41) is 2.73. The Bertz CT molecular complexity index is 828. The fraction of sp³-hybridized carbons (Fsp3) is 0.579. The normalized spacial score (nSPS) is 15.3. The van der Waals surface area contributed by atoms with Crippen LogP contribution in [0.5, 0.6) is 5.75 Å². The largest absolute Gasteiger partial charge is 0.493 e. The van der Waals surface area contributed by atoms with E-state index in [9.17, 15) is 13.2 Å². The summed E-state index contributed by atoms with van der Waals surface area (Å²) in [5.41, 5.74) is 6.50. The number of nitrogens with two attached hydrogens (primary N) is 1. The average Bonchev–Trinajstić information content (AvgIpc) is 2.54. The van der Waals surface area contributed by atoms with Crippen LogP contribution in [-0.4, -0.2) is 39.1 Å². The number of carbonyl (C=O) groups excluding carboxylic acids is 1. The van der Waals surface area contributed by atoms with Crippen LogP contribution in [0.2, 0.25) is 0 Å². The maximum absolute atomic E-state index is 11.7. The van der Waals surface area contributed by atoms with Crippen molar-refractivity contribution in [2.24, 2.45) is 10.1 Å². The second kappa shape index (κ2) is 9.27. The van der Waals surface area contributed by atoms with Crippen LogP contribution in [-0.2, 0) is 20.5 Å². The monoisotopic (exact) mass is 411 g/mol. The zero-order chi connectivity index (χ0) is 20.8. The summed E-state index contributed by atoms with van der Waals surface area (Å²) in [6.45, 7) is 6.55. The Hall–Kier alpha value is -2.29. The number of amides is 1. The molecule has 2 rings (SSSR count). The highest BCUT2D eigenvalue weighted by Crippen LogP contribution is 2.28. The van der Waals surface area contributed by atoms with Gasteiger partial charge in [-0.1, -0.05) is 25.0 Å². The van der Waals surface area contributed by atoms with Crippen LogP contribution < -0.4 is 15.8 Å². The van der Waals surface area contributed by atoms with Gasteiger partial charge in [0.15, 0.2) is 0 Å². The molecule has 1 aliphatic rings. The topological polar surface area (TPSA) is 120 Å². The number of nitrogens with one attached hydrogen (secondary N) is 1. The number of alkyl carbamates (subject to hydrolysis) is 1. The first kappa shape index (κ1) is 22.0. The number of nitrogens with zero attached hydrogens (tertiary/aromatic N) is 1. The van der Waals surface area contributed by atoms with Crippen LogP contribution in [0.15, 0.2) is 22.6 Å². The minimum absolute atomic E-state index is 0.0231.